The third-order valence-corrected chi connectivity index (χ3v) is 5.37. The van der Waals surface area contributed by atoms with Crippen molar-refractivity contribution in [1.82, 2.24) is 14.6 Å². The summed E-state index contributed by atoms with van der Waals surface area (Å²) >= 11 is 0.814. The van der Waals surface area contributed by atoms with Gasteiger partial charge in [-0.2, -0.15) is 4.37 Å². The van der Waals surface area contributed by atoms with E-state index in [2.05, 4.69) is 15.0 Å². The van der Waals surface area contributed by atoms with Crippen LogP contribution in [0.15, 0.2) is 24.3 Å². The van der Waals surface area contributed by atoms with Gasteiger partial charge in [0.2, 0.25) is 5.88 Å². The predicted molar refractivity (Wildman–Crippen MR) is 117 cm³/mol. The normalized spacial score (nSPS) is 13.0. The topological polar surface area (TPSA) is 130 Å². The zero-order valence-electron chi connectivity index (χ0n) is 17.7. The summed E-state index contributed by atoms with van der Waals surface area (Å²) in [7, 11) is 0. The number of nitrogens with two attached hydrogens (primary N) is 1. The predicted octanol–water partition coefficient (Wildman–Crippen LogP) is 2.35. The number of ether oxygens (including phenoxy) is 1. The molecule has 1 heterocycles. The number of urea groups is 1. The highest BCUT2D eigenvalue weighted by molar-refractivity contribution is 7.11. The molecule has 1 aromatic heterocycles. The average Bonchev–Trinajstić information content (AvgIpc) is 3.12. The Morgan fingerprint density at radius 3 is 2.61 bits per heavy atom. The van der Waals surface area contributed by atoms with Crippen LogP contribution in [-0.4, -0.2) is 58.6 Å². The zero-order chi connectivity index (χ0) is 23.0. The standard InChI is InChI=1S/C20H28FN5O4S/c1-4-26(5-2)11-13(27)10-23-20(29)24-19-16(17(22)28)18(25-31-19)30-12(3)14-8-6-7-9-15(14)21/h6-9,12-13,27H,4-5,10-11H2,1-3H3,(H2,22,28)(H2,23,24,29). The second-order valence-corrected chi connectivity index (χ2v) is 7.59. The number of likely N-dealkylation sites (N-methyl/N-ethyl adjacent to an activating group) is 1. The number of halogens is 1. The summed E-state index contributed by atoms with van der Waals surface area (Å²) in [5.41, 5.74) is 5.63. The Bertz CT molecular complexity index is 890. The smallest absolute Gasteiger partial charge is 0.320 e. The molecule has 2 aromatic rings. The van der Waals surface area contributed by atoms with Crippen molar-refractivity contribution in [3.8, 4) is 5.88 Å². The Hall–Kier alpha value is -2.76. The van der Waals surface area contributed by atoms with Crippen LogP contribution < -0.4 is 21.1 Å². The molecule has 1 aromatic carbocycles. The van der Waals surface area contributed by atoms with Crippen LogP contribution in [-0.2, 0) is 0 Å². The van der Waals surface area contributed by atoms with E-state index in [4.69, 9.17) is 10.5 Å². The van der Waals surface area contributed by atoms with Gasteiger partial charge in [0.15, 0.2) is 0 Å². The molecule has 0 bridgehead atoms. The van der Waals surface area contributed by atoms with Crippen molar-refractivity contribution in [1.29, 1.82) is 0 Å². The fourth-order valence-corrected chi connectivity index (χ4v) is 3.62. The van der Waals surface area contributed by atoms with Crippen molar-refractivity contribution >= 4 is 28.5 Å². The van der Waals surface area contributed by atoms with Gasteiger partial charge in [-0.15, -0.1) is 0 Å². The van der Waals surface area contributed by atoms with Gasteiger partial charge in [-0.3, -0.25) is 10.1 Å². The maximum atomic E-state index is 14.0. The molecule has 2 unspecified atom stereocenters. The number of rotatable bonds is 11. The van der Waals surface area contributed by atoms with E-state index < -0.39 is 30.0 Å². The van der Waals surface area contributed by atoms with Gasteiger partial charge in [-0.05, 0) is 37.6 Å². The van der Waals surface area contributed by atoms with Crippen LogP contribution in [0.5, 0.6) is 5.88 Å². The molecule has 3 amide bonds. The summed E-state index contributed by atoms with van der Waals surface area (Å²) in [6.07, 6.45) is -1.48. The van der Waals surface area contributed by atoms with Crippen molar-refractivity contribution in [2.24, 2.45) is 5.73 Å². The van der Waals surface area contributed by atoms with E-state index in [0.29, 0.717) is 12.1 Å². The minimum Gasteiger partial charge on any atom is -0.468 e. The number of aromatic nitrogens is 1. The number of aliphatic hydroxyl groups is 1. The zero-order valence-corrected chi connectivity index (χ0v) is 18.5. The van der Waals surface area contributed by atoms with E-state index in [1.54, 1.807) is 25.1 Å². The Labute approximate surface area is 184 Å². The molecule has 0 aliphatic heterocycles. The van der Waals surface area contributed by atoms with Crippen LogP contribution in [0.25, 0.3) is 0 Å². The Kier molecular flexibility index (Phi) is 9.16. The summed E-state index contributed by atoms with van der Waals surface area (Å²) in [6, 6.07) is 5.46. The third-order valence-electron chi connectivity index (χ3n) is 4.63. The van der Waals surface area contributed by atoms with Gasteiger partial charge in [0.1, 0.15) is 22.5 Å². The number of amides is 3. The van der Waals surface area contributed by atoms with Crippen LogP contribution >= 0.6 is 11.5 Å². The molecule has 0 aliphatic rings. The van der Waals surface area contributed by atoms with Gasteiger partial charge in [-0.25, -0.2) is 9.18 Å². The van der Waals surface area contributed by atoms with Gasteiger partial charge in [0, 0.05) is 18.7 Å². The molecule has 5 N–H and O–H groups in total. The van der Waals surface area contributed by atoms with Crippen LogP contribution in [0.3, 0.4) is 0 Å². The van der Waals surface area contributed by atoms with Crippen LogP contribution in [0.1, 0.15) is 42.8 Å². The molecule has 31 heavy (non-hydrogen) atoms. The molecular weight excluding hydrogens is 425 g/mol. The van der Waals surface area contributed by atoms with E-state index in [1.165, 1.54) is 6.07 Å². The van der Waals surface area contributed by atoms with Crippen molar-refractivity contribution in [2.45, 2.75) is 33.0 Å². The molecule has 0 radical (unpaired) electrons. The van der Waals surface area contributed by atoms with Crippen molar-refractivity contribution in [2.75, 3.05) is 31.5 Å². The van der Waals surface area contributed by atoms with Gasteiger partial charge in [0.05, 0.1) is 6.10 Å². The fourth-order valence-electron chi connectivity index (χ4n) is 2.90. The number of benzene rings is 1. The molecule has 2 rings (SSSR count). The van der Waals surface area contributed by atoms with Crippen LogP contribution in [0.4, 0.5) is 14.2 Å². The maximum Gasteiger partial charge on any atom is 0.320 e. The number of hydrogen-bond acceptors (Lipinski definition) is 7. The molecule has 0 fully saturated rings. The second kappa shape index (κ2) is 11.6. The SMILES string of the molecule is CCN(CC)CC(O)CNC(=O)Nc1snc(OC(C)c2ccccc2F)c1C(N)=O. The lowest BCUT2D eigenvalue weighted by Crippen LogP contribution is -2.41. The van der Waals surface area contributed by atoms with Crippen molar-refractivity contribution in [3.05, 3.63) is 41.2 Å². The number of hydrogen-bond donors (Lipinski definition) is 4. The van der Waals surface area contributed by atoms with Gasteiger partial charge < -0.3 is 25.8 Å². The van der Waals surface area contributed by atoms with Gasteiger partial charge >= 0.3 is 6.03 Å². The number of primary amides is 1. The number of aliphatic hydroxyl groups excluding tert-OH is 1. The van der Waals surface area contributed by atoms with Gasteiger partial charge in [0.25, 0.3) is 5.91 Å². The van der Waals surface area contributed by atoms with Crippen molar-refractivity contribution in [3.63, 3.8) is 0 Å². The Balaban J connectivity index is 2.02. The lowest BCUT2D eigenvalue weighted by atomic mass is 10.1. The first-order valence-corrected chi connectivity index (χ1v) is 10.7. The number of nitrogens with zero attached hydrogens (tertiary/aromatic N) is 2. The third kappa shape index (κ3) is 6.88. The lowest BCUT2D eigenvalue weighted by Gasteiger charge is -2.22. The molecule has 9 nitrogen and oxygen atoms in total. The molecule has 0 aliphatic carbocycles. The van der Waals surface area contributed by atoms with E-state index in [1.807, 2.05) is 18.7 Å². The molecular formula is C20H28FN5O4S. The minimum absolute atomic E-state index is 0.0285. The highest BCUT2D eigenvalue weighted by Crippen LogP contribution is 2.33. The Morgan fingerprint density at radius 2 is 2.00 bits per heavy atom. The molecule has 170 valence electrons. The average molecular weight is 454 g/mol. The highest BCUT2D eigenvalue weighted by atomic mass is 32.1. The first kappa shape index (κ1) is 24.5. The van der Waals surface area contributed by atoms with E-state index in [0.717, 1.165) is 24.6 Å². The van der Waals surface area contributed by atoms with Crippen molar-refractivity contribution < 1.29 is 23.8 Å². The maximum absolute atomic E-state index is 14.0. The van der Waals surface area contributed by atoms with Crippen LogP contribution in [0.2, 0.25) is 0 Å². The first-order valence-electron chi connectivity index (χ1n) is 9.92. The fraction of sp³-hybridized carbons (Fsp3) is 0.450. The summed E-state index contributed by atoms with van der Waals surface area (Å²) in [6.45, 7) is 7.61. The Morgan fingerprint density at radius 1 is 1.32 bits per heavy atom. The quantitative estimate of drug-likeness (QED) is 0.413. The minimum atomic E-state index is -0.846. The summed E-state index contributed by atoms with van der Waals surface area (Å²) < 4.78 is 23.7. The first-order chi connectivity index (χ1) is 14.8. The summed E-state index contributed by atoms with van der Waals surface area (Å²) in [5, 5.41) is 15.2. The van der Waals surface area contributed by atoms with E-state index >= 15 is 0 Å². The number of carbonyl (C=O) groups excluding carboxylic acids is 2. The van der Waals surface area contributed by atoms with E-state index in [-0.39, 0.29) is 23.0 Å². The molecule has 0 saturated heterocycles. The molecule has 2 atom stereocenters. The summed E-state index contributed by atoms with van der Waals surface area (Å²) in [5.74, 6) is -1.39. The monoisotopic (exact) mass is 453 g/mol. The number of anilines is 1. The molecule has 11 heteroatoms. The number of nitrogens with one attached hydrogen (secondary N) is 2. The summed E-state index contributed by atoms with van der Waals surface area (Å²) in [4.78, 5) is 26.2. The number of carbonyl (C=O) groups is 2. The van der Waals surface area contributed by atoms with Gasteiger partial charge in [-0.1, -0.05) is 32.0 Å². The van der Waals surface area contributed by atoms with Crippen LogP contribution in [0, 0.1) is 5.82 Å². The highest BCUT2D eigenvalue weighted by Gasteiger charge is 2.24. The molecule has 0 saturated carbocycles. The largest absolute Gasteiger partial charge is 0.468 e. The van der Waals surface area contributed by atoms with E-state index in [9.17, 15) is 19.1 Å². The lowest BCUT2D eigenvalue weighted by molar-refractivity contribution is 0.0994. The molecule has 0 spiro atoms. The second-order valence-electron chi connectivity index (χ2n) is 6.81.